The van der Waals surface area contributed by atoms with E-state index in [4.69, 9.17) is 4.98 Å². The number of rotatable bonds is 2. The third kappa shape index (κ3) is 2.98. The maximum absolute atomic E-state index is 12.3. The Morgan fingerprint density at radius 2 is 1.96 bits per heavy atom. The van der Waals surface area contributed by atoms with Gasteiger partial charge < -0.3 is 9.80 Å². The summed E-state index contributed by atoms with van der Waals surface area (Å²) >= 11 is 0. The quantitative estimate of drug-likeness (QED) is 0.837. The van der Waals surface area contributed by atoms with Crippen LogP contribution in [0.15, 0.2) is 6.07 Å². The Balaban J connectivity index is 1.54. The fourth-order valence-corrected chi connectivity index (χ4v) is 3.88. The van der Waals surface area contributed by atoms with Crippen LogP contribution in [0.4, 0.5) is 5.82 Å². The summed E-state index contributed by atoms with van der Waals surface area (Å²) in [6.07, 6.45) is 7.51. The van der Waals surface area contributed by atoms with Crippen LogP contribution in [0, 0.1) is 17.2 Å². The van der Waals surface area contributed by atoms with Gasteiger partial charge in [-0.3, -0.25) is 4.79 Å². The van der Waals surface area contributed by atoms with Crippen molar-refractivity contribution < 1.29 is 4.79 Å². The topological polar surface area (TPSA) is 60.2 Å². The highest BCUT2D eigenvalue weighted by atomic mass is 16.2. The van der Waals surface area contributed by atoms with E-state index in [2.05, 4.69) is 17.0 Å². The Bertz CT molecular complexity index is 689. The summed E-state index contributed by atoms with van der Waals surface area (Å²) < 4.78 is 0. The first-order valence-corrected chi connectivity index (χ1v) is 9.23. The van der Waals surface area contributed by atoms with Gasteiger partial charge in [0.15, 0.2) is 0 Å². The average molecular weight is 324 g/mol. The summed E-state index contributed by atoms with van der Waals surface area (Å²) in [6, 6.07) is 4.39. The van der Waals surface area contributed by atoms with E-state index in [1.807, 2.05) is 4.90 Å². The molecule has 2 fully saturated rings. The molecule has 1 aliphatic heterocycles. The Kier molecular flexibility index (Phi) is 4.13. The Labute approximate surface area is 143 Å². The SMILES string of the molecule is N#Cc1cc2c(nc1N1CCCN(C(=O)C3CC3)CC1)CCCC2. The predicted molar refractivity (Wildman–Crippen MR) is 91.7 cm³/mol. The molecule has 3 aliphatic rings. The first-order chi connectivity index (χ1) is 11.8. The van der Waals surface area contributed by atoms with Crippen LogP contribution in [0.2, 0.25) is 0 Å². The van der Waals surface area contributed by atoms with Crippen LogP contribution in [0.3, 0.4) is 0 Å². The van der Waals surface area contributed by atoms with Crippen molar-refractivity contribution in [3.05, 3.63) is 22.9 Å². The predicted octanol–water partition coefficient (Wildman–Crippen LogP) is 2.28. The first-order valence-electron chi connectivity index (χ1n) is 9.23. The smallest absolute Gasteiger partial charge is 0.225 e. The van der Waals surface area contributed by atoms with Crippen molar-refractivity contribution in [3.63, 3.8) is 0 Å². The van der Waals surface area contributed by atoms with E-state index >= 15 is 0 Å². The van der Waals surface area contributed by atoms with Crippen LogP contribution in [0.5, 0.6) is 0 Å². The second-order valence-corrected chi connectivity index (χ2v) is 7.22. The molecule has 1 saturated heterocycles. The van der Waals surface area contributed by atoms with E-state index in [0.717, 1.165) is 64.1 Å². The molecular formula is C19H24N4O. The molecule has 1 saturated carbocycles. The van der Waals surface area contributed by atoms with E-state index in [9.17, 15) is 10.1 Å². The van der Waals surface area contributed by atoms with Gasteiger partial charge in [-0.15, -0.1) is 0 Å². The number of carbonyl (C=O) groups excluding carboxylic acids is 1. The lowest BCUT2D eigenvalue weighted by Gasteiger charge is -2.25. The summed E-state index contributed by atoms with van der Waals surface area (Å²) in [5.74, 6) is 1.45. The lowest BCUT2D eigenvalue weighted by molar-refractivity contribution is -0.132. The number of hydrogen-bond donors (Lipinski definition) is 0. The number of nitriles is 1. The average Bonchev–Trinajstić information content (AvgIpc) is 3.46. The van der Waals surface area contributed by atoms with E-state index in [-0.39, 0.29) is 5.92 Å². The molecule has 1 amide bonds. The third-order valence-electron chi connectivity index (χ3n) is 5.43. The number of aromatic nitrogens is 1. The number of hydrogen-bond acceptors (Lipinski definition) is 4. The molecule has 2 heterocycles. The van der Waals surface area contributed by atoms with Gasteiger partial charge in [-0.25, -0.2) is 4.98 Å². The first kappa shape index (κ1) is 15.4. The van der Waals surface area contributed by atoms with Gasteiger partial charge in [0.1, 0.15) is 11.9 Å². The Morgan fingerprint density at radius 1 is 1.12 bits per heavy atom. The van der Waals surface area contributed by atoms with Gasteiger partial charge >= 0.3 is 0 Å². The number of aryl methyl sites for hydroxylation is 2. The van der Waals surface area contributed by atoms with Crippen LogP contribution in [-0.2, 0) is 17.6 Å². The zero-order valence-corrected chi connectivity index (χ0v) is 14.1. The lowest BCUT2D eigenvalue weighted by atomic mass is 9.95. The van der Waals surface area contributed by atoms with Crippen LogP contribution < -0.4 is 4.90 Å². The minimum absolute atomic E-state index is 0.285. The van der Waals surface area contributed by atoms with Gasteiger partial charge in [-0.1, -0.05) is 0 Å². The third-order valence-corrected chi connectivity index (χ3v) is 5.43. The minimum atomic E-state index is 0.285. The molecule has 4 rings (SSSR count). The van der Waals surface area contributed by atoms with Crippen molar-refractivity contribution >= 4 is 11.7 Å². The zero-order valence-electron chi connectivity index (χ0n) is 14.1. The number of amides is 1. The van der Waals surface area contributed by atoms with Gasteiger partial charge in [0.25, 0.3) is 0 Å². The second kappa shape index (κ2) is 6.43. The van der Waals surface area contributed by atoms with E-state index < -0.39 is 0 Å². The maximum Gasteiger partial charge on any atom is 0.225 e. The molecule has 0 N–H and O–H groups in total. The molecule has 2 aliphatic carbocycles. The van der Waals surface area contributed by atoms with Crippen molar-refractivity contribution in [2.45, 2.75) is 44.9 Å². The van der Waals surface area contributed by atoms with Crippen molar-refractivity contribution in [2.24, 2.45) is 5.92 Å². The van der Waals surface area contributed by atoms with Crippen LogP contribution >= 0.6 is 0 Å². The number of nitrogens with zero attached hydrogens (tertiary/aromatic N) is 4. The molecule has 24 heavy (non-hydrogen) atoms. The van der Waals surface area contributed by atoms with Crippen LogP contribution in [-0.4, -0.2) is 42.0 Å². The molecule has 0 aromatic carbocycles. The molecule has 0 atom stereocenters. The van der Waals surface area contributed by atoms with E-state index in [0.29, 0.717) is 11.5 Å². The normalized spacial score (nSPS) is 21.0. The maximum atomic E-state index is 12.3. The highest BCUT2D eigenvalue weighted by Crippen LogP contribution is 2.32. The zero-order chi connectivity index (χ0) is 16.5. The summed E-state index contributed by atoms with van der Waals surface area (Å²) in [4.78, 5) is 21.4. The fourth-order valence-electron chi connectivity index (χ4n) is 3.88. The van der Waals surface area contributed by atoms with Gasteiger partial charge in [-0.05, 0) is 56.6 Å². The van der Waals surface area contributed by atoms with Gasteiger partial charge in [0, 0.05) is 37.8 Å². The summed E-state index contributed by atoms with van der Waals surface area (Å²) in [5, 5.41) is 9.56. The molecule has 5 heteroatoms. The number of anilines is 1. The van der Waals surface area contributed by atoms with Crippen molar-refractivity contribution in [2.75, 3.05) is 31.1 Å². The van der Waals surface area contributed by atoms with Gasteiger partial charge in [0.05, 0.1) is 5.56 Å². The van der Waals surface area contributed by atoms with E-state index in [1.54, 1.807) is 0 Å². The molecule has 126 valence electrons. The molecule has 1 aromatic rings. The highest BCUT2D eigenvalue weighted by Gasteiger charge is 2.34. The molecule has 0 bridgehead atoms. The number of carbonyl (C=O) groups is 1. The Hall–Kier alpha value is -2.09. The molecule has 0 unspecified atom stereocenters. The van der Waals surface area contributed by atoms with Gasteiger partial charge in [0.2, 0.25) is 5.91 Å². The minimum Gasteiger partial charge on any atom is -0.354 e. The summed E-state index contributed by atoms with van der Waals surface area (Å²) in [7, 11) is 0. The monoisotopic (exact) mass is 324 g/mol. The van der Waals surface area contributed by atoms with Gasteiger partial charge in [-0.2, -0.15) is 5.26 Å². The molecule has 0 spiro atoms. The fraction of sp³-hybridized carbons (Fsp3) is 0.632. The van der Waals surface area contributed by atoms with Crippen molar-refractivity contribution in [1.29, 1.82) is 5.26 Å². The summed E-state index contributed by atoms with van der Waals surface area (Å²) in [5.41, 5.74) is 3.12. The van der Waals surface area contributed by atoms with Crippen LogP contribution in [0.1, 0.15) is 48.9 Å². The van der Waals surface area contributed by atoms with Crippen molar-refractivity contribution in [1.82, 2.24) is 9.88 Å². The second-order valence-electron chi connectivity index (χ2n) is 7.22. The van der Waals surface area contributed by atoms with Crippen molar-refractivity contribution in [3.8, 4) is 6.07 Å². The molecule has 0 radical (unpaired) electrons. The molecule has 5 nitrogen and oxygen atoms in total. The van der Waals surface area contributed by atoms with E-state index in [1.165, 1.54) is 24.1 Å². The van der Waals surface area contributed by atoms with Crippen LogP contribution in [0.25, 0.3) is 0 Å². The highest BCUT2D eigenvalue weighted by molar-refractivity contribution is 5.81. The lowest BCUT2D eigenvalue weighted by Crippen LogP contribution is -2.36. The summed E-state index contributed by atoms with van der Waals surface area (Å²) in [6.45, 7) is 3.23. The number of fused-ring (bicyclic) bond motifs is 1. The Morgan fingerprint density at radius 3 is 2.75 bits per heavy atom. The number of pyridine rings is 1. The standard InChI is InChI=1S/C19H24N4O/c20-13-16-12-15-4-1-2-5-17(15)21-18(16)22-8-3-9-23(11-10-22)19(24)14-6-7-14/h12,14H,1-11H2. The molecule has 1 aromatic heterocycles. The molecular weight excluding hydrogens is 300 g/mol. The largest absolute Gasteiger partial charge is 0.354 e.